The highest BCUT2D eigenvalue weighted by atomic mass is 35.5. The predicted octanol–water partition coefficient (Wildman–Crippen LogP) is 1.70. The van der Waals surface area contributed by atoms with Gasteiger partial charge in [0.1, 0.15) is 6.04 Å². The largest absolute Gasteiger partial charge is 0.340 e. The summed E-state index contributed by atoms with van der Waals surface area (Å²) in [6.07, 6.45) is 0. The summed E-state index contributed by atoms with van der Waals surface area (Å²) in [5, 5.41) is 6.18. The van der Waals surface area contributed by atoms with Crippen LogP contribution in [0.3, 0.4) is 0 Å². The minimum Gasteiger partial charge on any atom is -0.340 e. The average molecular weight is 272 g/mol. The van der Waals surface area contributed by atoms with Gasteiger partial charge < -0.3 is 5.32 Å². The van der Waals surface area contributed by atoms with E-state index in [1.165, 1.54) is 0 Å². The summed E-state index contributed by atoms with van der Waals surface area (Å²) in [5.41, 5.74) is 0.739. The van der Waals surface area contributed by atoms with Crippen LogP contribution in [0.1, 0.15) is 11.6 Å². The Morgan fingerprint density at radius 2 is 2.12 bits per heavy atom. The van der Waals surface area contributed by atoms with Crippen LogP contribution < -0.4 is 10.6 Å². The number of guanidine groups is 1. The lowest BCUT2D eigenvalue weighted by molar-refractivity contribution is -0.120. The van der Waals surface area contributed by atoms with Gasteiger partial charge in [-0.2, -0.15) is 0 Å². The van der Waals surface area contributed by atoms with Crippen molar-refractivity contribution in [2.24, 2.45) is 4.99 Å². The first-order valence-corrected chi connectivity index (χ1v) is 6.06. The van der Waals surface area contributed by atoms with Crippen LogP contribution in [0.15, 0.2) is 29.3 Å². The Labute approximate surface area is 109 Å². The number of benzene rings is 1. The van der Waals surface area contributed by atoms with Crippen molar-refractivity contribution in [2.45, 2.75) is 6.04 Å². The number of aliphatic imine (C=N–C) groups is 1. The number of halogens is 2. The summed E-state index contributed by atoms with van der Waals surface area (Å²) < 4.78 is 0. The summed E-state index contributed by atoms with van der Waals surface area (Å²) in [4.78, 5) is 15.9. The second kappa shape index (κ2) is 5.38. The lowest BCUT2D eigenvalue weighted by atomic mass is 10.1. The molecule has 4 nitrogen and oxygen atoms in total. The highest BCUT2D eigenvalue weighted by Gasteiger charge is 2.30. The van der Waals surface area contributed by atoms with Crippen LogP contribution in [0.4, 0.5) is 0 Å². The molecule has 1 amide bonds. The van der Waals surface area contributed by atoms with E-state index in [0.717, 1.165) is 5.56 Å². The second-order valence-electron chi connectivity index (χ2n) is 3.51. The van der Waals surface area contributed by atoms with E-state index in [1.54, 1.807) is 6.07 Å². The quantitative estimate of drug-likeness (QED) is 0.823. The summed E-state index contributed by atoms with van der Waals surface area (Å²) in [5.74, 6) is 0.699. The molecule has 0 aromatic heterocycles. The van der Waals surface area contributed by atoms with E-state index in [1.807, 2.05) is 18.2 Å². The predicted molar refractivity (Wildman–Crippen MR) is 68.5 cm³/mol. The van der Waals surface area contributed by atoms with E-state index in [9.17, 15) is 4.79 Å². The lowest BCUT2D eigenvalue weighted by Crippen LogP contribution is -2.25. The number of rotatable bonds is 3. The Balaban J connectivity index is 2.19. The van der Waals surface area contributed by atoms with Crippen molar-refractivity contribution in [2.75, 3.05) is 12.4 Å². The molecule has 0 aliphatic carbocycles. The molecule has 0 bridgehead atoms. The zero-order valence-corrected chi connectivity index (χ0v) is 10.4. The van der Waals surface area contributed by atoms with Gasteiger partial charge in [0, 0.05) is 16.5 Å². The molecule has 2 N–H and O–H groups in total. The minimum atomic E-state index is -0.488. The first-order chi connectivity index (χ1) is 8.22. The standard InChI is InChI=1S/C11H11Cl2N3O/c12-5-6-14-11-15-9(10(17)16-11)7-3-1-2-4-8(7)13/h1-4,9H,5-6H2,(H2,14,15,16,17). The monoisotopic (exact) mass is 271 g/mol. The van der Waals surface area contributed by atoms with Gasteiger partial charge in [-0.05, 0) is 6.07 Å². The molecule has 1 aromatic rings. The SMILES string of the molecule is O=C1NC(=NCCCl)NC1c1ccccc1Cl. The molecule has 1 fully saturated rings. The Kier molecular flexibility index (Phi) is 3.86. The van der Waals surface area contributed by atoms with Crippen LogP contribution in [-0.4, -0.2) is 24.3 Å². The molecule has 1 atom stereocenters. The molecular weight excluding hydrogens is 261 g/mol. The van der Waals surface area contributed by atoms with E-state index in [2.05, 4.69) is 15.6 Å². The summed E-state index contributed by atoms with van der Waals surface area (Å²) >= 11 is 11.6. The number of alkyl halides is 1. The van der Waals surface area contributed by atoms with Crippen molar-refractivity contribution >= 4 is 35.1 Å². The molecule has 0 saturated carbocycles. The first kappa shape index (κ1) is 12.2. The zero-order valence-electron chi connectivity index (χ0n) is 8.91. The van der Waals surface area contributed by atoms with E-state index in [-0.39, 0.29) is 5.91 Å². The van der Waals surface area contributed by atoms with Gasteiger partial charge in [-0.3, -0.25) is 15.1 Å². The summed E-state index contributed by atoms with van der Waals surface area (Å²) in [7, 11) is 0. The van der Waals surface area contributed by atoms with Gasteiger partial charge in [-0.25, -0.2) is 0 Å². The van der Waals surface area contributed by atoms with Crippen molar-refractivity contribution < 1.29 is 4.79 Å². The fourth-order valence-electron chi connectivity index (χ4n) is 1.59. The average Bonchev–Trinajstić information content (AvgIpc) is 2.68. The first-order valence-electron chi connectivity index (χ1n) is 5.14. The third-order valence-corrected chi connectivity index (χ3v) is 2.87. The van der Waals surface area contributed by atoms with Crippen molar-refractivity contribution in [3.8, 4) is 0 Å². The number of carbonyl (C=O) groups excluding carboxylic acids is 1. The second-order valence-corrected chi connectivity index (χ2v) is 4.29. The van der Waals surface area contributed by atoms with Crippen LogP contribution in [0.5, 0.6) is 0 Å². The fourth-order valence-corrected chi connectivity index (χ4v) is 1.92. The normalized spacial score (nSPS) is 21.4. The molecule has 17 heavy (non-hydrogen) atoms. The van der Waals surface area contributed by atoms with Gasteiger partial charge in [-0.1, -0.05) is 29.8 Å². The maximum Gasteiger partial charge on any atom is 0.253 e. The van der Waals surface area contributed by atoms with Crippen molar-refractivity contribution in [1.29, 1.82) is 0 Å². The molecule has 0 radical (unpaired) electrons. The molecule has 6 heteroatoms. The summed E-state index contributed by atoms with van der Waals surface area (Å²) in [6, 6.07) is 6.73. The highest BCUT2D eigenvalue weighted by Crippen LogP contribution is 2.24. The van der Waals surface area contributed by atoms with Crippen molar-refractivity contribution in [3.63, 3.8) is 0 Å². The number of nitrogens with zero attached hydrogens (tertiary/aromatic N) is 1. The summed E-state index contributed by atoms with van der Waals surface area (Å²) in [6.45, 7) is 0.458. The molecule has 1 saturated heterocycles. The third-order valence-electron chi connectivity index (χ3n) is 2.36. The number of hydrogen-bond acceptors (Lipinski definition) is 2. The van der Waals surface area contributed by atoms with Crippen LogP contribution in [0, 0.1) is 0 Å². The molecule has 1 aliphatic rings. The Bertz CT molecular complexity index is 462. The number of amides is 1. The zero-order chi connectivity index (χ0) is 12.3. The van der Waals surface area contributed by atoms with Crippen LogP contribution in [-0.2, 0) is 4.79 Å². The Morgan fingerprint density at radius 3 is 2.82 bits per heavy atom. The fraction of sp³-hybridized carbons (Fsp3) is 0.273. The van der Waals surface area contributed by atoms with Gasteiger partial charge in [0.25, 0.3) is 5.91 Å². The molecule has 1 unspecified atom stereocenters. The van der Waals surface area contributed by atoms with E-state index in [0.29, 0.717) is 23.4 Å². The smallest absolute Gasteiger partial charge is 0.253 e. The molecule has 0 spiro atoms. The van der Waals surface area contributed by atoms with Gasteiger partial charge in [0.15, 0.2) is 5.96 Å². The topological polar surface area (TPSA) is 53.5 Å². The van der Waals surface area contributed by atoms with Gasteiger partial charge in [-0.15, -0.1) is 11.6 Å². The Hall–Kier alpha value is -1.26. The Morgan fingerprint density at radius 1 is 1.35 bits per heavy atom. The molecule has 2 rings (SSSR count). The van der Waals surface area contributed by atoms with E-state index in [4.69, 9.17) is 23.2 Å². The molecule has 1 aromatic carbocycles. The van der Waals surface area contributed by atoms with Crippen LogP contribution in [0.2, 0.25) is 5.02 Å². The van der Waals surface area contributed by atoms with Crippen molar-refractivity contribution in [1.82, 2.24) is 10.6 Å². The highest BCUT2D eigenvalue weighted by molar-refractivity contribution is 6.31. The minimum absolute atomic E-state index is 0.161. The maximum absolute atomic E-state index is 11.8. The lowest BCUT2D eigenvalue weighted by Gasteiger charge is -2.09. The molecular formula is C11H11Cl2N3O. The third kappa shape index (κ3) is 2.70. The molecule has 1 heterocycles. The molecule has 1 aliphatic heterocycles. The van der Waals surface area contributed by atoms with E-state index >= 15 is 0 Å². The molecule has 90 valence electrons. The van der Waals surface area contributed by atoms with Crippen molar-refractivity contribution in [3.05, 3.63) is 34.9 Å². The maximum atomic E-state index is 11.8. The van der Waals surface area contributed by atoms with Gasteiger partial charge in [0.05, 0.1) is 6.54 Å². The van der Waals surface area contributed by atoms with Crippen LogP contribution >= 0.6 is 23.2 Å². The van der Waals surface area contributed by atoms with Gasteiger partial charge in [0.2, 0.25) is 0 Å². The van der Waals surface area contributed by atoms with E-state index < -0.39 is 6.04 Å². The van der Waals surface area contributed by atoms with Gasteiger partial charge >= 0.3 is 0 Å². The number of hydrogen-bond donors (Lipinski definition) is 2. The van der Waals surface area contributed by atoms with Crippen LogP contribution in [0.25, 0.3) is 0 Å². The number of carbonyl (C=O) groups is 1. The number of nitrogens with one attached hydrogen (secondary N) is 2.